The molecule has 0 aromatic carbocycles. The summed E-state index contributed by atoms with van der Waals surface area (Å²) in [5.41, 5.74) is 0. The van der Waals surface area contributed by atoms with E-state index in [1.165, 1.54) is 11.8 Å². The molecule has 0 aromatic heterocycles. The Kier molecular flexibility index (Phi) is 3.23. The first-order valence-electron chi connectivity index (χ1n) is 4.65. The van der Waals surface area contributed by atoms with Crippen molar-refractivity contribution in [2.24, 2.45) is 0 Å². The highest BCUT2D eigenvalue weighted by Gasteiger charge is 2.44. The lowest BCUT2D eigenvalue weighted by atomic mass is 10.2. The number of nitrogens with one attached hydrogen (secondary N) is 1. The fraction of sp³-hybridized carbons (Fsp3) is 0.778. The summed E-state index contributed by atoms with van der Waals surface area (Å²) in [6.07, 6.45) is -1.07. The van der Waals surface area contributed by atoms with Crippen LogP contribution in [0.2, 0.25) is 0 Å². The molecule has 1 aliphatic heterocycles. The average molecular weight is 200 g/mol. The fourth-order valence-corrected chi connectivity index (χ4v) is 1.27. The van der Waals surface area contributed by atoms with Gasteiger partial charge in [-0.2, -0.15) is 0 Å². The molecule has 3 atom stereocenters. The maximum absolute atomic E-state index is 11.5. The number of carbonyl (C=O) groups excluding carboxylic acids is 2. The zero-order valence-electron chi connectivity index (χ0n) is 8.65. The maximum atomic E-state index is 11.5. The van der Waals surface area contributed by atoms with E-state index in [1.807, 2.05) is 0 Å². The Labute approximate surface area is 83.1 Å². The molecule has 1 saturated heterocycles. The minimum atomic E-state index is -1.07. The lowest BCUT2D eigenvalue weighted by molar-refractivity contribution is -0.137. The van der Waals surface area contributed by atoms with E-state index in [1.54, 1.807) is 14.0 Å². The number of hydrogen-bond donors (Lipinski definition) is 2. The Morgan fingerprint density at radius 1 is 1.57 bits per heavy atom. The number of amides is 1. The molecule has 5 heteroatoms. The molecule has 0 spiro atoms. The molecule has 0 radical (unpaired) electrons. The van der Waals surface area contributed by atoms with E-state index < -0.39 is 6.10 Å². The van der Waals surface area contributed by atoms with Gasteiger partial charge in [0.25, 0.3) is 5.91 Å². The predicted molar refractivity (Wildman–Crippen MR) is 50.7 cm³/mol. The number of aliphatic hydroxyl groups excluding tert-OH is 1. The highest BCUT2D eigenvalue weighted by molar-refractivity contribution is 5.94. The summed E-state index contributed by atoms with van der Waals surface area (Å²) in [5.74, 6) is -0.394. The SMILES string of the molecule is CNC(C)C(O)C(=O)N1CC1C(C)=O. The van der Waals surface area contributed by atoms with Gasteiger partial charge in [-0.1, -0.05) is 0 Å². The number of carbonyl (C=O) groups is 2. The molecule has 1 heterocycles. The fourth-order valence-electron chi connectivity index (χ4n) is 1.27. The molecule has 3 unspecified atom stereocenters. The number of Topliss-reactive ketones (excluding diaryl/α,β-unsaturated/α-hetero) is 1. The van der Waals surface area contributed by atoms with Crippen LogP contribution in [-0.2, 0) is 9.59 Å². The van der Waals surface area contributed by atoms with Crippen molar-refractivity contribution >= 4 is 11.7 Å². The van der Waals surface area contributed by atoms with E-state index in [-0.39, 0.29) is 23.8 Å². The molecule has 1 rings (SSSR count). The molecule has 14 heavy (non-hydrogen) atoms. The highest BCUT2D eigenvalue weighted by atomic mass is 16.3. The highest BCUT2D eigenvalue weighted by Crippen LogP contribution is 2.20. The first kappa shape index (κ1) is 11.1. The Morgan fingerprint density at radius 2 is 2.14 bits per heavy atom. The molecule has 2 N–H and O–H groups in total. The van der Waals surface area contributed by atoms with Crippen molar-refractivity contribution in [3.63, 3.8) is 0 Å². The quantitative estimate of drug-likeness (QED) is 0.557. The second-order valence-corrected chi connectivity index (χ2v) is 3.64. The zero-order chi connectivity index (χ0) is 10.9. The second kappa shape index (κ2) is 4.06. The third kappa shape index (κ3) is 2.10. The Hall–Kier alpha value is -0.940. The van der Waals surface area contributed by atoms with Crippen LogP contribution >= 0.6 is 0 Å². The number of likely N-dealkylation sites (N-methyl/N-ethyl adjacent to an activating group) is 1. The van der Waals surface area contributed by atoms with Gasteiger partial charge < -0.3 is 15.3 Å². The molecule has 1 aliphatic rings. The van der Waals surface area contributed by atoms with Crippen LogP contribution in [0.5, 0.6) is 0 Å². The van der Waals surface area contributed by atoms with Crippen LogP contribution in [0.25, 0.3) is 0 Å². The number of nitrogens with zero attached hydrogens (tertiary/aromatic N) is 1. The lowest BCUT2D eigenvalue weighted by Crippen LogP contribution is -2.43. The summed E-state index contributed by atoms with van der Waals surface area (Å²) in [7, 11) is 1.67. The van der Waals surface area contributed by atoms with E-state index >= 15 is 0 Å². The maximum Gasteiger partial charge on any atom is 0.253 e. The van der Waals surface area contributed by atoms with Crippen LogP contribution in [0.4, 0.5) is 0 Å². The van der Waals surface area contributed by atoms with Gasteiger partial charge in [-0.05, 0) is 20.9 Å². The van der Waals surface area contributed by atoms with E-state index in [9.17, 15) is 14.7 Å². The van der Waals surface area contributed by atoms with Crippen molar-refractivity contribution in [3.05, 3.63) is 0 Å². The van der Waals surface area contributed by atoms with Crippen LogP contribution in [0, 0.1) is 0 Å². The predicted octanol–water partition coefficient (Wildman–Crippen LogP) is -1.24. The molecular weight excluding hydrogens is 184 g/mol. The van der Waals surface area contributed by atoms with Gasteiger partial charge in [0.1, 0.15) is 12.1 Å². The molecule has 1 amide bonds. The summed E-state index contributed by atoms with van der Waals surface area (Å²) in [6, 6.07) is -0.600. The topological polar surface area (TPSA) is 69.4 Å². The summed E-state index contributed by atoms with van der Waals surface area (Å²) < 4.78 is 0. The number of hydrogen-bond acceptors (Lipinski definition) is 4. The average Bonchev–Trinajstić information content (AvgIpc) is 2.93. The molecule has 5 nitrogen and oxygen atoms in total. The zero-order valence-corrected chi connectivity index (χ0v) is 8.65. The molecular formula is C9H16N2O3. The normalized spacial score (nSPS) is 24.3. The molecule has 0 saturated carbocycles. The van der Waals surface area contributed by atoms with E-state index in [0.717, 1.165) is 0 Å². The Bertz CT molecular complexity index is 254. The van der Waals surface area contributed by atoms with Crippen LogP contribution in [0.3, 0.4) is 0 Å². The minimum Gasteiger partial charge on any atom is -0.382 e. The summed E-state index contributed by atoms with van der Waals surface area (Å²) in [4.78, 5) is 23.8. The van der Waals surface area contributed by atoms with Crippen LogP contribution in [-0.4, -0.2) is 53.5 Å². The van der Waals surface area contributed by atoms with E-state index in [0.29, 0.717) is 6.54 Å². The van der Waals surface area contributed by atoms with Gasteiger partial charge in [0.2, 0.25) is 0 Å². The van der Waals surface area contributed by atoms with Gasteiger partial charge in [0.15, 0.2) is 5.78 Å². The number of ketones is 1. The van der Waals surface area contributed by atoms with E-state index in [4.69, 9.17) is 0 Å². The first-order valence-corrected chi connectivity index (χ1v) is 4.65. The van der Waals surface area contributed by atoms with Crippen LogP contribution in [0.1, 0.15) is 13.8 Å². The molecule has 0 aromatic rings. The minimum absolute atomic E-state index is 0.0253. The van der Waals surface area contributed by atoms with Crippen molar-refractivity contribution in [2.45, 2.75) is 32.0 Å². The summed E-state index contributed by atoms with van der Waals surface area (Å²) in [5, 5.41) is 12.3. The van der Waals surface area contributed by atoms with Gasteiger partial charge in [-0.25, -0.2) is 0 Å². The largest absolute Gasteiger partial charge is 0.382 e. The van der Waals surface area contributed by atoms with Gasteiger partial charge in [-0.15, -0.1) is 0 Å². The monoisotopic (exact) mass is 200 g/mol. The van der Waals surface area contributed by atoms with Crippen molar-refractivity contribution in [1.29, 1.82) is 0 Å². The van der Waals surface area contributed by atoms with Gasteiger partial charge in [0.05, 0.1) is 0 Å². The third-order valence-corrected chi connectivity index (χ3v) is 2.55. The van der Waals surface area contributed by atoms with Crippen molar-refractivity contribution in [2.75, 3.05) is 13.6 Å². The molecule has 0 aliphatic carbocycles. The third-order valence-electron chi connectivity index (χ3n) is 2.55. The standard InChI is InChI=1S/C9H16N2O3/c1-5(10-3)8(13)9(14)11-4-7(11)6(2)12/h5,7-8,10,13H,4H2,1-3H3. The summed E-state index contributed by atoms with van der Waals surface area (Å²) in [6.45, 7) is 3.61. The molecule has 0 bridgehead atoms. The van der Waals surface area contributed by atoms with Gasteiger partial charge in [0, 0.05) is 12.6 Å². The van der Waals surface area contributed by atoms with Crippen LogP contribution < -0.4 is 5.32 Å². The summed E-state index contributed by atoms with van der Waals surface area (Å²) >= 11 is 0. The van der Waals surface area contributed by atoms with Crippen molar-refractivity contribution in [1.82, 2.24) is 10.2 Å². The second-order valence-electron chi connectivity index (χ2n) is 3.64. The Balaban J connectivity index is 2.48. The van der Waals surface area contributed by atoms with Crippen molar-refractivity contribution < 1.29 is 14.7 Å². The number of rotatable bonds is 4. The van der Waals surface area contributed by atoms with Gasteiger partial charge in [-0.3, -0.25) is 9.59 Å². The smallest absolute Gasteiger partial charge is 0.253 e. The lowest BCUT2D eigenvalue weighted by Gasteiger charge is -2.17. The molecule has 1 fully saturated rings. The van der Waals surface area contributed by atoms with Crippen LogP contribution in [0.15, 0.2) is 0 Å². The molecule has 80 valence electrons. The van der Waals surface area contributed by atoms with E-state index in [2.05, 4.69) is 5.32 Å². The van der Waals surface area contributed by atoms with Crippen molar-refractivity contribution in [3.8, 4) is 0 Å². The van der Waals surface area contributed by atoms with Gasteiger partial charge >= 0.3 is 0 Å². The first-order chi connectivity index (χ1) is 6.49. The number of aliphatic hydroxyl groups is 1. The Morgan fingerprint density at radius 3 is 2.50 bits per heavy atom.